The molecule has 5 nitrogen and oxygen atoms in total. The monoisotopic (exact) mass is 316 g/mol. The van der Waals surface area contributed by atoms with Crippen LogP contribution in [0.3, 0.4) is 0 Å². The Morgan fingerprint density at radius 3 is 2.70 bits per heavy atom. The molecule has 0 unspecified atom stereocenters. The number of benzene rings is 1. The fourth-order valence-corrected chi connectivity index (χ4v) is 3.39. The van der Waals surface area contributed by atoms with Crippen LogP contribution in [0.4, 0.5) is 14.7 Å². The summed E-state index contributed by atoms with van der Waals surface area (Å²) in [5.41, 5.74) is 1.64. The van der Waals surface area contributed by atoms with E-state index in [0.29, 0.717) is 29.9 Å². The highest BCUT2D eigenvalue weighted by Crippen LogP contribution is 2.41. The number of carbonyl (C=O) groups is 1. The number of rotatable bonds is 1. The van der Waals surface area contributed by atoms with Crippen LogP contribution >= 0.6 is 0 Å². The summed E-state index contributed by atoms with van der Waals surface area (Å²) in [5, 5.41) is 7.26. The largest absolute Gasteiger partial charge is 0.328 e. The number of hydrogen-bond donors (Lipinski definition) is 1. The second kappa shape index (κ2) is 4.97. The normalized spacial score (nSPS) is 23.3. The minimum absolute atomic E-state index is 0.0259. The lowest BCUT2D eigenvalue weighted by Crippen LogP contribution is -2.33. The van der Waals surface area contributed by atoms with Gasteiger partial charge in [0.25, 0.3) is 0 Å². The standard InChI is InChI=1S/C16H14F2N4O/c1-8-2-12-14(13(23)3-8)15(22-16(21-12)19-7-20-22)9-4-10(17)6-11(18)5-9/h4-8,15H,2-3H2,1H3,(H,19,20,21)/t8-,15-/m0/s1. The van der Waals surface area contributed by atoms with E-state index in [2.05, 4.69) is 15.4 Å². The molecule has 2 heterocycles. The van der Waals surface area contributed by atoms with Gasteiger partial charge in [-0.25, -0.2) is 13.5 Å². The number of Topliss-reactive ketones (excluding diaryl/α,β-unsaturated/α-hetero) is 1. The maximum absolute atomic E-state index is 13.7. The number of nitrogens with one attached hydrogen (secondary N) is 1. The molecule has 0 saturated carbocycles. The first kappa shape index (κ1) is 14.0. The van der Waals surface area contributed by atoms with E-state index < -0.39 is 17.7 Å². The predicted molar refractivity (Wildman–Crippen MR) is 78.6 cm³/mol. The first-order chi connectivity index (χ1) is 11.0. The smallest absolute Gasteiger partial charge is 0.226 e. The van der Waals surface area contributed by atoms with Gasteiger partial charge in [-0.1, -0.05) is 6.92 Å². The first-order valence-corrected chi connectivity index (χ1v) is 7.41. The van der Waals surface area contributed by atoms with Crippen molar-refractivity contribution in [2.75, 3.05) is 5.32 Å². The van der Waals surface area contributed by atoms with Crippen LogP contribution in [0, 0.1) is 17.6 Å². The van der Waals surface area contributed by atoms with Crippen LogP contribution in [-0.4, -0.2) is 20.5 Å². The minimum Gasteiger partial charge on any atom is -0.328 e. The molecule has 1 N–H and O–H groups in total. The van der Waals surface area contributed by atoms with Crippen molar-refractivity contribution in [3.8, 4) is 0 Å². The summed E-state index contributed by atoms with van der Waals surface area (Å²) in [7, 11) is 0. The van der Waals surface area contributed by atoms with Gasteiger partial charge in [0.05, 0.1) is 0 Å². The van der Waals surface area contributed by atoms with Gasteiger partial charge in [0, 0.05) is 23.8 Å². The van der Waals surface area contributed by atoms with E-state index in [1.165, 1.54) is 23.1 Å². The summed E-state index contributed by atoms with van der Waals surface area (Å²) >= 11 is 0. The minimum atomic E-state index is -0.682. The van der Waals surface area contributed by atoms with E-state index in [4.69, 9.17) is 0 Å². The van der Waals surface area contributed by atoms with E-state index in [9.17, 15) is 13.6 Å². The molecule has 0 fully saturated rings. The van der Waals surface area contributed by atoms with E-state index >= 15 is 0 Å². The summed E-state index contributed by atoms with van der Waals surface area (Å²) in [6.07, 6.45) is 2.47. The van der Waals surface area contributed by atoms with Gasteiger partial charge in [0.1, 0.15) is 24.0 Å². The number of ketones is 1. The summed E-state index contributed by atoms with van der Waals surface area (Å²) in [6.45, 7) is 2.00. The lowest BCUT2D eigenvalue weighted by Gasteiger charge is -2.34. The molecule has 4 rings (SSSR count). The molecular formula is C16H14F2N4O. The number of carbonyl (C=O) groups excluding carboxylic acids is 1. The van der Waals surface area contributed by atoms with Gasteiger partial charge in [-0.05, 0) is 30.0 Å². The summed E-state index contributed by atoms with van der Waals surface area (Å²) in [6, 6.07) is 2.63. The fraction of sp³-hybridized carbons (Fsp3) is 0.312. The zero-order chi connectivity index (χ0) is 16.1. The highest BCUT2D eigenvalue weighted by atomic mass is 19.1. The van der Waals surface area contributed by atoms with Crippen LogP contribution in [0.5, 0.6) is 0 Å². The van der Waals surface area contributed by atoms with Gasteiger partial charge in [-0.2, -0.15) is 10.1 Å². The maximum atomic E-state index is 13.7. The topological polar surface area (TPSA) is 59.8 Å². The number of halogens is 2. The predicted octanol–water partition coefficient (Wildman–Crippen LogP) is 2.82. The zero-order valence-electron chi connectivity index (χ0n) is 12.4. The number of fused-ring (bicyclic) bond motifs is 1. The van der Waals surface area contributed by atoms with Gasteiger partial charge < -0.3 is 5.32 Å². The molecule has 1 aromatic carbocycles. The summed E-state index contributed by atoms with van der Waals surface area (Å²) in [5.74, 6) is -0.701. The first-order valence-electron chi connectivity index (χ1n) is 7.41. The van der Waals surface area contributed by atoms with Crippen LogP contribution in [0.2, 0.25) is 0 Å². The molecule has 0 radical (unpaired) electrons. The SMILES string of the molecule is C[C@@H]1CC(=O)C2=C(C1)Nc1ncnn1[C@H]2c1cc(F)cc(F)c1. The Morgan fingerprint density at radius 1 is 1.22 bits per heavy atom. The molecule has 0 amide bonds. The molecule has 0 spiro atoms. The van der Waals surface area contributed by atoms with E-state index in [1.807, 2.05) is 6.92 Å². The lowest BCUT2D eigenvalue weighted by atomic mass is 9.81. The molecule has 2 aromatic rings. The third kappa shape index (κ3) is 2.23. The Balaban J connectivity index is 1.93. The van der Waals surface area contributed by atoms with Crippen molar-refractivity contribution in [3.63, 3.8) is 0 Å². The van der Waals surface area contributed by atoms with Crippen LogP contribution in [0.15, 0.2) is 35.8 Å². The average Bonchev–Trinajstić information content (AvgIpc) is 2.91. The molecular weight excluding hydrogens is 302 g/mol. The fourth-order valence-electron chi connectivity index (χ4n) is 3.39. The van der Waals surface area contributed by atoms with Gasteiger partial charge >= 0.3 is 0 Å². The number of allylic oxidation sites excluding steroid dienone is 2. The van der Waals surface area contributed by atoms with E-state index in [1.54, 1.807) is 0 Å². The second-order valence-electron chi connectivity index (χ2n) is 6.09. The Labute approximate surface area is 131 Å². The van der Waals surface area contributed by atoms with Crippen molar-refractivity contribution in [2.24, 2.45) is 5.92 Å². The Bertz CT molecular complexity index is 822. The second-order valence-corrected chi connectivity index (χ2v) is 6.09. The maximum Gasteiger partial charge on any atom is 0.226 e. The van der Waals surface area contributed by atoms with Crippen LogP contribution in [0.1, 0.15) is 31.4 Å². The Morgan fingerprint density at radius 2 is 1.96 bits per heavy atom. The van der Waals surface area contributed by atoms with Crippen molar-refractivity contribution in [1.82, 2.24) is 14.8 Å². The van der Waals surface area contributed by atoms with Crippen molar-refractivity contribution in [1.29, 1.82) is 0 Å². The van der Waals surface area contributed by atoms with Crippen molar-refractivity contribution in [3.05, 3.63) is 53.0 Å². The van der Waals surface area contributed by atoms with Gasteiger partial charge in [-0.15, -0.1) is 0 Å². The number of anilines is 1. The van der Waals surface area contributed by atoms with Crippen molar-refractivity contribution in [2.45, 2.75) is 25.8 Å². The third-order valence-electron chi connectivity index (χ3n) is 4.27. The molecule has 0 bridgehead atoms. The van der Waals surface area contributed by atoms with E-state index in [0.717, 1.165) is 11.8 Å². The van der Waals surface area contributed by atoms with Gasteiger partial charge in [0.15, 0.2) is 5.78 Å². The highest BCUT2D eigenvalue weighted by Gasteiger charge is 2.38. The molecule has 23 heavy (non-hydrogen) atoms. The highest BCUT2D eigenvalue weighted by molar-refractivity contribution is 5.99. The molecule has 7 heteroatoms. The average molecular weight is 316 g/mol. The Hall–Kier alpha value is -2.57. The molecule has 0 saturated heterocycles. The number of aromatic nitrogens is 3. The van der Waals surface area contributed by atoms with Crippen LogP contribution in [-0.2, 0) is 4.79 Å². The van der Waals surface area contributed by atoms with Gasteiger partial charge in [-0.3, -0.25) is 4.79 Å². The molecule has 118 valence electrons. The quantitative estimate of drug-likeness (QED) is 0.879. The van der Waals surface area contributed by atoms with Crippen molar-refractivity contribution >= 4 is 11.7 Å². The molecule has 1 aliphatic carbocycles. The molecule has 1 aromatic heterocycles. The number of nitrogens with zero attached hydrogens (tertiary/aromatic N) is 3. The zero-order valence-corrected chi connectivity index (χ0v) is 12.4. The van der Waals surface area contributed by atoms with Gasteiger partial charge in [0.2, 0.25) is 5.95 Å². The molecule has 2 aliphatic rings. The van der Waals surface area contributed by atoms with Crippen LogP contribution < -0.4 is 5.32 Å². The van der Waals surface area contributed by atoms with E-state index in [-0.39, 0.29) is 11.7 Å². The number of hydrogen-bond acceptors (Lipinski definition) is 4. The Kier molecular flexibility index (Phi) is 3.04. The molecule has 1 aliphatic heterocycles. The lowest BCUT2D eigenvalue weighted by molar-refractivity contribution is -0.117. The molecule has 2 atom stereocenters. The van der Waals surface area contributed by atoms with Crippen LogP contribution in [0.25, 0.3) is 0 Å². The van der Waals surface area contributed by atoms with Crippen molar-refractivity contribution < 1.29 is 13.6 Å². The summed E-state index contributed by atoms with van der Waals surface area (Å²) in [4.78, 5) is 16.7. The third-order valence-corrected chi connectivity index (χ3v) is 4.27. The summed E-state index contributed by atoms with van der Waals surface area (Å²) < 4.78 is 28.8.